The topological polar surface area (TPSA) is 71.7 Å². The van der Waals surface area contributed by atoms with Crippen molar-refractivity contribution in [3.05, 3.63) is 270 Å². The molecule has 12 aromatic rings. The van der Waals surface area contributed by atoms with Gasteiger partial charge in [0, 0.05) is 46.2 Å². The van der Waals surface area contributed by atoms with E-state index in [0.717, 1.165) is 83.8 Å². The van der Waals surface area contributed by atoms with Crippen LogP contribution >= 0.6 is 0 Å². The average molecular weight is 1360 g/mol. The Bertz CT molecular complexity index is 4600. The molecule has 0 aliphatic carbocycles. The summed E-state index contributed by atoms with van der Waals surface area (Å²) in [6, 6.07) is 86.6. The Balaban J connectivity index is 0.00000785. The van der Waals surface area contributed by atoms with Gasteiger partial charge in [-0.3, -0.25) is 0 Å². The predicted octanol–water partition coefficient (Wildman–Crippen LogP) is 20.2. The van der Waals surface area contributed by atoms with Gasteiger partial charge >= 0.3 is 27.1 Å². The standard InChI is InChI=1S/C81H75N7O.Pt/c1-77(2,3)55-41-37-53(38-42-55)62-32-25-33-63(54-39-43-56(44-40-54)78(4,5)6)73(62)87-52-86(68-34-20-21-35-69(68)87)60-30-24-31-61(49-60)89-71-51-70-65(64-48-59(79(7,8)9)45-46-67(64)88(70)72-36-22-23-47-82-72)50-66(71)74-83-75(80(10,11)57-26-16-14-17-27-57)85-76(84-74)81(12,13)58-28-18-15-19-29-58;/h14-48,50H,1-13H3;/q;+2. The van der Waals surface area contributed by atoms with Crippen molar-refractivity contribution in [2.45, 2.75) is 117 Å². The average Bonchev–Trinajstić information content (AvgIpc) is 1.56. The van der Waals surface area contributed by atoms with E-state index in [0.29, 0.717) is 34.5 Å². The number of nitrogens with zero attached hydrogens (tertiary/aromatic N) is 7. The van der Waals surface area contributed by atoms with Crippen LogP contribution in [0.3, 0.4) is 0 Å². The first-order valence-corrected chi connectivity index (χ1v) is 30.9. The quantitative estimate of drug-likeness (QED) is 0.0900. The summed E-state index contributed by atoms with van der Waals surface area (Å²) in [6.45, 7) is 29.0. The second-order valence-corrected chi connectivity index (χ2v) is 27.7. The summed E-state index contributed by atoms with van der Waals surface area (Å²) in [7, 11) is 0. The fourth-order valence-electron chi connectivity index (χ4n) is 12.1. The van der Waals surface area contributed by atoms with Crippen LogP contribution in [0.2, 0.25) is 0 Å². The molecule has 1 aliphatic rings. The van der Waals surface area contributed by atoms with E-state index >= 15 is 0 Å². The third-order valence-electron chi connectivity index (χ3n) is 17.7. The molecular formula is C81H75N7OPt+2. The maximum Gasteiger partial charge on any atom is 2.00 e. The van der Waals surface area contributed by atoms with Crippen molar-refractivity contribution in [3.63, 3.8) is 0 Å². The third kappa shape index (κ3) is 11.4. The first-order valence-electron chi connectivity index (χ1n) is 30.9. The van der Waals surface area contributed by atoms with E-state index in [2.05, 4.69) is 292 Å². The number of ether oxygens (including phenoxy) is 1. The predicted molar refractivity (Wildman–Crippen MR) is 366 cm³/mol. The number of rotatable bonds is 12. The number of para-hydroxylation sites is 3. The summed E-state index contributed by atoms with van der Waals surface area (Å²) >= 11 is 0. The number of hydrogen-bond acceptors (Lipinski definition) is 5. The number of pyridine rings is 1. The van der Waals surface area contributed by atoms with E-state index in [1.807, 2.05) is 48.7 Å². The fourth-order valence-corrected chi connectivity index (χ4v) is 12.1. The van der Waals surface area contributed by atoms with Gasteiger partial charge in [-0.1, -0.05) is 230 Å². The molecule has 0 spiro atoms. The van der Waals surface area contributed by atoms with Crippen molar-refractivity contribution in [1.82, 2.24) is 33.7 Å². The van der Waals surface area contributed by atoms with E-state index < -0.39 is 10.8 Å². The maximum absolute atomic E-state index is 7.36. The van der Waals surface area contributed by atoms with Gasteiger partial charge in [0.15, 0.2) is 0 Å². The minimum absolute atomic E-state index is 0. The molecule has 0 amide bonds. The van der Waals surface area contributed by atoms with E-state index in [-0.39, 0.29) is 37.3 Å². The molecule has 0 saturated carbocycles. The molecule has 448 valence electrons. The third-order valence-corrected chi connectivity index (χ3v) is 17.7. The van der Waals surface area contributed by atoms with Gasteiger partial charge in [-0.15, -0.1) is 23.6 Å². The molecule has 0 fully saturated rings. The van der Waals surface area contributed by atoms with Crippen LogP contribution in [0.4, 0.5) is 22.7 Å². The zero-order valence-electron chi connectivity index (χ0n) is 53.6. The molecule has 0 N–H and O–H groups in total. The molecule has 0 bridgehead atoms. The SMILES string of the molecule is CC(C)(C)c1ccc(-c2cccc(-c3ccc(C(C)(C)C)cc3)c2[N+]2=C=[N+](c3[c-]c(Oc4[c-]c5c(cc4-c4nc(C(C)(C)c6ccccc6)nc(C(C)(C)c6ccccc6)n4)c4cc(C(C)(C)C)ccc4n5-c4ccccn4)ccc3)c3ccccc32)cc1.[Pt+2]. The molecule has 0 unspecified atom stereocenters. The molecule has 0 saturated heterocycles. The van der Waals surface area contributed by atoms with Crippen LogP contribution in [0.1, 0.15) is 129 Å². The number of benzene rings is 9. The van der Waals surface area contributed by atoms with Crippen LogP contribution in [0.15, 0.2) is 219 Å². The van der Waals surface area contributed by atoms with Crippen LogP contribution in [0, 0.1) is 12.1 Å². The molecule has 4 heterocycles. The number of hydrogen-bond donors (Lipinski definition) is 0. The van der Waals surface area contributed by atoms with Crippen LogP contribution in [0.25, 0.3) is 61.3 Å². The molecule has 9 heteroatoms. The molecule has 0 atom stereocenters. The zero-order valence-corrected chi connectivity index (χ0v) is 55.9. The largest absolute Gasteiger partial charge is 2.00 e. The second kappa shape index (κ2) is 23.3. The molecular weight excluding hydrogens is 1280 g/mol. The Morgan fingerprint density at radius 3 is 1.48 bits per heavy atom. The zero-order chi connectivity index (χ0) is 62.2. The maximum atomic E-state index is 7.36. The molecule has 0 radical (unpaired) electrons. The molecule has 13 rings (SSSR count). The van der Waals surface area contributed by atoms with Gasteiger partial charge < -0.3 is 9.30 Å². The summed E-state index contributed by atoms with van der Waals surface area (Å²) in [5.41, 5.74) is 15.1. The summed E-state index contributed by atoms with van der Waals surface area (Å²) in [5.74, 6) is 3.38. The Morgan fingerprint density at radius 2 is 0.944 bits per heavy atom. The van der Waals surface area contributed by atoms with Gasteiger partial charge in [0.25, 0.3) is 11.4 Å². The van der Waals surface area contributed by atoms with E-state index in [9.17, 15) is 0 Å². The molecule has 90 heavy (non-hydrogen) atoms. The van der Waals surface area contributed by atoms with E-state index in [1.165, 1.54) is 16.7 Å². The second-order valence-electron chi connectivity index (χ2n) is 27.7. The summed E-state index contributed by atoms with van der Waals surface area (Å²) in [4.78, 5) is 21.4. The molecule has 9 aromatic carbocycles. The molecule has 1 aliphatic heterocycles. The Hall–Kier alpha value is -9.19. The van der Waals surface area contributed by atoms with Crippen molar-refractivity contribution in [3.8, 4) is 51.0 Å². The van der Waals surface area contributed by atoms with Crippen molar-refractivity contribution in [2.24, 2.45) is 0 Å². The van der Waals surface area contributed by atoms with Crippen molar-refractivity contribution < 1.29 is 25.8 Å². The summed E-state index contributed by atoms with van der Waals surface area (Å²) in [6.07, 6.45) is 1.83. The minimum Gasteiger partial charge on any atom is -0.508 e. The smallest absolute Gasteiger partial charge is 0.508 e. The Labute approximate surface area is 544 Å². The van der Waals surface area contributed by atoms with Gasteiger partial charge in [0.1, 0.15) is 29.0 Å². The minimum atomic E-state index is -0.629. The van der Waals surface area contributed by atoms with Crippen LogP contribution in [-0.4, -0.2) is 30.5 Å². The first-order chi connectivity index (χ1) is 42.5. The van der Waals surface area contributed by atoms with Gasteiger partial charge in [0.05, 0.1) is 11.1 Å². The number of fused-ring (bicyclic) bond motifs is 4. The summed E-state index contributed by atoms with van der Waals surface area (Å²) < 4.78 is 13.9. The summed E-state index contributed by atoms with van der Waals surface area (Å²) in [5, 5.41) is 2.01. The molecule has 8 nitrogen and oxygen atoms in total. The van der Waals surface area contributed by atoms with Crippen LogP contribution in [0.5, 0.6) is 11.5 Å². The normalized spacial score (nSPS) is 12.8. The fraction of sp³-hybridized carbons (Fsp3) is 0.222. The van der Waals surface area contributed by atoms with Gasteiger partial charge in [0.2, 0.25) is 5.69 Å². The van der Waals surface area contributed by atoms with Crippen molar-refractivity contribution in [2.75, 3.05) is 0 Å². The van der Waals surface area contributed by atoms with E-state index in [4.69, 9.17) is 24.7 Å². The molecule has 3 aromatic heterocycles. The van der Waals surface area contributed by atoms with Gasteiger partial charge in [-0.05, 0) is 129 Å². The Kier molecular flexibility index (Phi) is 15.8. The van der Waals surface area contributed by atoms with E-state index in [1.54, 1.807) is 0 Å². The van der Waals surface area contributed by atoms with Crippen molar-refractivity contribution >= 4 is 50.6 Å². The van der Waals surface area contributed by atoms with Gasteiger partial charge in [-0.2, -0.15) is 6.07 Å². The Morgan fingerprint density at radius 1 is 0.433 bits per heavy atom. The van der Waals surface area contributed by atoms with Crippen LogP contribution < -0.4 is 13.9 Å². The first kappa shape index (κ1) is 61.1. The van der Waals surface area contributed by atoms with Gasteiger partial charge in [-0.25, -0.2) is 19.9 Å². The monoisotopic (exact) mass is 1360 g/mol. The van der Waals surface area contributed by atoms with Crippen molar-refractivity contribution in [1.29, 1.82) is 0 Å². The van der Waals surface area contributed by atoms with Crippen LogP contribution in [-0.2, 0) is 48.1 Å². The number of aromatic nitrogens is 5.